The Bertz CT molecular complexity index is 265. The van der Waals surface area contributed by atoms with Crippen LogP contribution < -0.4 is 5.73 Å². The first kappa shape index (κ1) is 8.75. The van der Waals surface area contributed by atoms with Gasteiger partial charge in [-0.05, 0) is 19.8 Å². The van der Waals surface area contributed by atoms with Gasteiger partial charge >= 0.3 is 0 Å². The predicted octanol–water partition coefficient (Wildman–Crippen LogP) is 1.11. The summed E-state index contributed by atoms with van der Waals surface area (Å²) in [6.45, 7) is 3.17. The molecule has 3 heteroatoms. The molecule has 0 fully saturated rings. The van der Waals surface area contributed by atoms with Crippen LogP contribution in [0, 0.1) is 0 Å². The third kappa shape index (κ3) is 1.91. The van der Waals surface area contributed by atoms with Crippen LogP contribution in [-0.4, -0.2) is 15.6 Å². The molecule has 13 heavy (non-hydrogen) atoms. The first-order chi connectivity index (χ1) is 6.25. The van der Waals surface area contributed by atoms with Gasteiger partial charge in [0.05, 0.1) is 5.69 Å². The number of nitrogens with zero attached hydrogens (tertiary/aromatic N) is 2. The highest BCUT2D eigenvalue weighted by molar-refractivity contribution is 5.07. The molecular formula is C10H17N3. The molecule has 0 saturated carbocycles. The molecule has 0 bridgehead atoms. The van der Waals surface area contributed by atoms with Crippen molar-refractivity contribution in [2.24, 2.45) is 5.73 Å². The van der Waals surface area contributed by atoms with E-state index in [4.69, 9.17) is 5.73 Å². The van der Waals surface area contributed by atoms with Crippen molar-refractivity contribution in [3.05, 3.63) is 17.7 Å². The zero-order valence-corrected chi connectivity index (χ0v) is 8.16. The number of hydrogen-bond donors (Lipinski definition) is 1. The van der Waals surface area contributed by atoms with Crippen molar-refractivity contribution in [1.29, 1.82) is 0 Å². The molecule has 72 valence electrons. The fourth-order valence-corrected chi connectivity index (χ4v) is 1.90. The largest absolute Gasteiger partial charge is 0.335 e. The normalized spacial score (nSPS) is 18.3. The van der Waals surface area contributed by atoms with E-state index in [1.165, 1.54) is 18.7 Å². The summed E-state index contributed by atoms with van der Waals surface area (Å²) in [5.74, 6) is 1.25. The van der Waals surface area contributed by atoms with Gasteiger partial charge in [-0.25, -0.2) is 4.98 Å². The minimum Gasteiger partial charge on any atom is -0.335 e. The third-order valence-corrected chi connectivity index (χ3v) is 2.49. The molecule has 2 rings (SSSR count). The summed E-state index contributed by atoms with van der Waals surface area (Å²) < 4.78 is 2.28. The van der Waals surface area contributed by atoms with Gasteiger partial charge in [0, 0.05) is 31.6 Å². The van der Waals surface area contributed by atoms with Crippen LogP contribution in [0.3, 0.4) is 0 Å². The van der Waals surface area contributed by atoms with Crippen molar-refractivity contribution in [2.45, 2.75) is 45.2 Å². The standard InChI is InChI=1S/C10H17N3/c1-8(11)6-9-7-13-5-3-2-4-10(13)12-9/h7-8H,2-6,11H2,1H3. The van der Waals surface area contributed by atoms with Crippen LogP contribution in [0.1, 0.15) is 31.3 Å². The maximum Gasteiger partial charge on any atom is 0.108 e. The van der Waals surface area contributed by atoms with E-state index >= 15 is 0 Å². The summed E-state index contributed by atoms with van der Waals surface area (Å²) in [7, 11) is 0. The zero-order valence-electron chi connectivity index (χ0n) is 8.16. The average molecular weight is 179 g/mol. The van der Waals surface area contributed by atoms with Crippen LogP contribution in [0.25, 0.3) is 0 Å². The Morgan fingerprint density at radius 3 is 3.15 bits per heavy atom. The van der Waals surface area contributed by atoms with Crippen LogP contribution >= 0.6 is 0 Å². The summed E-state index contributed by atoms with van der Waals surface area (Å²) in [6.07, 6.45) is 6.78. The van der Waals surface area contributed by atoms with Gasteiger partial charge in [-0.15, -0.1) is 0 Å². The molecule has 1 aliphatic rings. The van der Waals surface area contributed by atoms with Gasteiger partial charge in [-0.3, -0.25) is 0 Å². The first-order valence-corrected chi connectivity index (χ1v) is 5.06. The summed E-state index contributed by atoms with van der Waals surface area (Å²) in [5.41, 5.74) is 6.89. The number of aromatic nitrogens is 2. The number of aryl methyl sites for hydroxylation is 2. The second kappa shape index (κ2) is 3.50. The molecule has 1 aromatic heterocycles. The van der Waals surface area contributed by atoms with Crippen LogP contribution in [0.4, 0.5) is 0 Å². The highest BCUT2D eigenvalue weighted by Gasteiger charge is 2.12. The molecule has 1 aliphatic heterocycles. The van der Waals surface area contributed by atoms with E-state index < -0.39 is 0 Å². The SMILES string of the molecule is CC(N)Cc1cn2c(n1)CCCC2. The maximum absolute atomic E-state index is 5.73. The molecule has 0 spiro atoms. The van der Waals surface area contributed by atoms with Gasteiger partial charge in [0.15, 0.2) is 0 Å². The lowest BCUT2D eigenvalue weighted by molar-refractivity contribution is 0.522. The van der Waals surface area contributed by atoms with Gasteiger partial charge in [0.1, 0.15) is 5.82 Å². The van der Waals surface area contributed by atoms with E-state index in [0.717, 1.165) is 25.1 Å². The van der Waals surface area contributed by atoms with Gasteiger partial charge in [-0.2, -0.15) is 0 Å². The second-order valence-electron chi connectivity index (χ2n) is 3.98. The molecule has 2 heterocycles. The maximum atomic E-state index is 5.73. The van der Waals surface area contributed by atoms with Crippen LogP contribution in [0.5, 0.6) is 0 Å². The smallest absolute Gasteiger partial charge is 0.108 e. The summed E-state index contributed by atoms with van der Waals surface area (Å²) in [5, 5.41) is 0. The third-order valence-electron chi connectivity index (χ3n) is 2.49. The Balaban J connectivity index is 2.15. The number of fused-ring (bicyclic) bond motifs is 1. The van der Waals surface area contributed by atoms with Crippen LogP contribution in [0.2, 0.25) is 0 Å². The first-order valence-electron chi connectivity index (χ1n) is 5.06. The molecule has 0 amide bonds. The Morgan fingerprint density at radius 2 is 2.46 bits per heavy atom. The van der Waals surface area contributed by atoms with E-state index in [0.29, 0.717) is 0 Å². The van der Waals surface area contributed by atoms with Gasteiger partial charge in [0.25, 0.3) is 0 Å². The lowest BCUT2D eigenvalue weighted by Gasteiger charge is -2.11. The lowest BCUT2D eigenvalue weighted by Crippen LogP contribution is -2.17. The molecule has 1 aromatic rings. The van der Waals surface area contributed by atoms with Gasteiger partial charge in [-0.1, -0.05) is 0 Å². The fourth-order valence-electron chi connectivity index (χ4n) is 1.90. The number of hydrogen-bond acceptors (Lipinski definition) is 2. The van der Waals surface area contributed by atoms with Gasteiger partial charge < -0.3 is 10.3 Å². The van der Waals surface area contributed by atoms with E-state index in [2.05, 4.69) is 15.7 Å². The molecule has 0 saturated heterocycles. The molecule has 0 aromatic carbocycles. The monoisotopic (exact) mass is 179 g/mol. The van der Waals surface area contributed by atoms with Gasteiger partial charge in [0.2, 0.25) is 0 Å². The van der Waals surface area contributed by atoms with Crippen molar-refractivity contribution < 1.29 is 0 Å². The topological polar surface area (TPSA) is 43.8 Å². The molecule has 1 atom stereocenters. The number of nitrogens with two attached hydrogens (primary N) is 1. The molecule has 0 radical (unpaired) electrons. The van der Waals surface area contributed by atoms with E-state index in [1.54, 1.807) is 0 Å². The molecular weight excluding hydrogens is 162 g/mol. The van der Waals surface area contributed by atoms with Crippen molar-refractivity contribution in [2.75, 3.05) is 0 Å². The molecule has 3 nitrogen and oxygen atoms in total. The quantitative estimate of drug-likeness (QED) is 0.739. The molecule has 2 N–H and O–H groups in total. The Kier molecular flexibility index (Phi) is 2.36. The van der Waals surface area contributed by atoms with Crippen LogP contribution in [-0.2, 0) is 19.4 Å². The highest BCUT2D eigenvalue weighted by Crippen LogP contribution is 2.14. The zero-order chi connectivity index (χ0) is 9.26. The summed E-state index contributed by atoms with van der Waals surface area (Å²) >= 11 is 0. The Labute approximate surface area is 79.0 Å². The minimum absolute atomic E-state index is 0.219. The van der Waals surface area contributed by atoms with E-state index in [1.807, 2.05) is 6.92 Å². The molecule has 1 unspecified atom stereocenters. The Hall–Kier alpha value is -0.830. The number of imidazole rings is 1. The summed E-state index contributed by atoms with van der Waals surface area (Å²) in [4.78, 5) is 4.57. The Morgan fingerprint density at radius 1 is 1.62 bits per heavy atom. The van der Waals surface area contributed by atoms with Crippen LogP contribution in [0.15, 0.2) is 6.20 Å². The highest BCUT2D eigenvalue weighted by atomic mass is 15.1. The lowest BCUT2D eigenvalue weighted by atomic mass is 10.2. The van der Waals surface area contributed by atoms with E-state index in [9.17, 15) is 0 Å². The number of rotatable bonds is 2. The average Bonchev–Trinajstić information content (AvgIpc) is 2.44. The van der Waals surface area contributed by atoms with E-state index in [-0.39, 0.29) is 6.04 Å². The van der Waals surface area contributed by atoms with Crippen molar-refractivity contribution in [3.8, 4) is 0 Å². The minimum atomic E-state index is 0.219. The predicted molar refractivity (Wildman–Crippen MR) is 52.5 cm³/mol. The second-order valence-corrected chi connectivity index (χ2v) is 3.98. The fraction of sp³-hybridized carbons (Fsp3) is 0.700. The van der Waals surface area contributed by atoms with Crippen molar-refractivity contribution in [3.63, 3.8) is 0 Å². The summed E-state index contributed by atoms with van der Waals surface area (Å²) in [6, 6.07) is 0.219. The van der Waals surface area contributed by atoms with Crippen molar-refractivity contribution in [1.82, 2.24) is 9.55 Å². The molecule has 0 aliphatic carbocycles. The van der Waals surface area contributed by atoms with Crippen molar-refractivity contribution >= 4 is 0 Å².